The van der Waals surface area contributed by atoms with Crippen LogP contribution in [0.2, 0.25) is 0 Å². The highest BCUT2D eigenvalue weighted by atomic mass is 19.1. The smallest absolute Gasteiger partial charge is 0.328 e. The number of rotatable bonds is 7. The van der Waals surface area contributed by atoms with Crippen molar-refractivity contribution in [2.24, 2.45) is 5.92 Å². The van der Waals surface area contributed by atoms with E-state index in [2.05, 4.69) is 19.2 Å². The molecule has 0 saturated heterocycles. The third-order valence-corrected chi connectivity index (χ3v) is 3.06. The van der Waals surface area contributed by atoms with Gasteiger partial charge in [-0.25, -0.2) is 13.6 Å². The minimum Gasteiger partial charge on any atom is -0.464 e. The second kappa shape index (κ2) is 8.46. The van der Waals surface area contributed by atoms with Gasteiger partial charge in [0.05, 0.1) is 6.61 Å². The first-order chi connectivity index (χ1) is 10.3. The Morgan fingerprint density at radius 2 is 1.77 bits per heavy atom. The minimum atomic E-state index is -0.984. The number of benzene rings is 1. The topological polar surface area (TPSA) is 55.4 Å². The van der Waals surface area contributed by atoms with Crippen molar-refractivity contribution in [1.82, 2.24) is 5.32 Å². The van der Waals surface area contributed by atoms with E-state index in [1.807, 2.05) is 0 Å². The Bertz CT molecular complexity index is 512. The normalized spacial score (nSPS) is 12.1. The van der Waals surface area contributed by atoms with Gasteiger partial charge in [0.1, 0.15) is 23.2 Å². The molecule has 0 aliphatic heterocycles. The lowest BCUT2D eigenvalue weighted by Crippen LogP contribution is -2.40. The van der Waals surface area contributed by atoms with Gasteiger partial charge in [-0.3, -0.25) is 4.79 Å². The van der Waals surface area contributed by atoms with Crippen LogP contribution >= 0.6 is 0 Å². The molecule has 1 unspecified atom stereocenters. The van der Waals surface area contributed by atoms with Crippen LogP contribution in [-0.2, 0) is 9.53 Å². The average molecular weight is 313 g/mol. The molecule has 0 aliphatic carbocycles. The maximum atomic E-state index is 13.5. The summed E-state index contributed by atoms with van der Waals surface area (Å²) in [6.07, 6.45) is 1.65. The summed E-state index contributed by atoms with van der Waals surface area (Å²) in [5.41, 5.74) is -0.707. The van der Waals surface area contributed by atoms with Crippen LogP contribution in [-0.4, -0.2) is 24.5 Å². The van der Waals surface area contributed by atoms with Gasteiger partial charge >= 0.3 is 5.97 Å². The predicted octanol–water partition coefficient (Wildman–Crippen LogP) is 3.06. The quantitative estimate of drug-likeness (QED) is 0.622. The number of hydrogen-bond acceptors (Lipinski definition) is 3. The summed E-state index contributed by atoms with van der Waals surface area (Å²) in [4.78, 5) is 23.5. The lowest BCUT2D eigenvalue weighted by atomic mass is 10.1. The Balaban J connectivity index is 2.52. The molecule has 4 nitrogen and oxygen atoms in total. The molecule has 122 valence electrons. The van der Waals surface area contributed by atoms with Gasteiger partial charge in [-0.15, -0.1) is 0 Å². The lowest BCUT2D eigenvalue weighted by molar-refractivity contribution is -0.145. The third kappa shape index (κ3) is 5.42. The fourth-order valence-electron chi connectivity index (χ4n) is 1.83. The molecular formula is C16H21F2NO3. The van der Waals surface area contributed by atoms with E-state index in [-0.39, 0.29) is 6.61 Å². The molecule has 0 saturated carbocycles. The second-order valence-corrected chi connectivity index (χ2v) is 5.50. The van der Waals surface area contributed by atoms with Gasteiger partial charge in [0.2, 0.25) is 0 Å². The van der Waals surface area contributed by atoms with E-state index >= 15 is 0 Å². The molecule has 0 aromatic heterocycles. The van der Waals surface area contributed by atoms with Crippen LogP contribution in [0, 0.1) is 17.6 Å². The summed E-state index contributed by atoms with van der Waals surface area (Å²) in [6.45, 7) is 5.79. The van der Waals surface area contributed by atoms with Crippen LogP contribution < -0.4 is 5.32 Å². The monoisotopic (exact) mass is 313 g/mol. The summed E-state index contributed by atoms with van der Waals surface area (Å²) in [5.74, 6) is -3.05. The van der Waals surface area contributed by atoms with Crippen LogP contribution in [0.3, 0.4) is 0 Å². The Kier molecular flexibility index (Phi) is 6.95. The van der Waals surface area contributed by atoms with Gasteiger partial charge in [0.25, 0.3) is 5.91 Å². The largest absolute Gasteiger partial charge is 0.464 e. The molecule has 1 rings (SSSR count). The van der Waals surface area contributed by atoms with Crippen molar-refractivity contribution >= 4 is 11.9 Å². The van der Waals surface area contributed by atoms with Gasteiger partial charge in [0, 0.05) is 0 Å². The molecule has 0 spiro atoms. The summed E-state index contributed by atoms with van der Waals surface area (Å²) in [6, 6.07) is 2.14. The van der Waals surface area contributed by atoms with Crippen LogP contribution in [0.1, 0.15) is 44.0 Å². The maximum Gasteiger partial charge on any atom is 0.328 e. The van der Waals surface area contributed by atoms with E-state index in [0.717, 1.165) is 31.0 Å². The Morgan fingerprint density at radius 1 is 1.18 bits per heavy atom. The van der Waals surface area contributed by atoms with Crippen molar-refractivity contribution < 1.29 is 23.1 Å². The SMILES string of the molecule is CC(C)CCCOC(=O)C(C)NC(=O)c1c(F)cccc1F. The van der Waals surface area contributed by atoms with E-state index in [0.29, 0.717) is 5.92 Å². The second-order valence-electron chi connectivity index (χ2n) is 5.50. The first kappa shape index (κ1) is 18.1. The van der Waals surface area contributed by atoms with Gasteiger partial charge in [-0.1, -0.05) is 19.9 Å². The number of nitrogens with one attached hydrogen (secondary N) is 1. The van der Waals surface area contributed by atoms with Crippen molar-refractivity contribution in [2.45, 2.75) is 39.7 Å². The zero-order valence-electron chi connectivity index (χ0n) is 13.0. The molecule has 22 heavy (non-hydrogen) atoms. The van der Waals surface area contributed by atoms with Crippen molar-refractivity contribution in [3.05, 3.63) is 35.4 Å². The summed E-state index contributed by atoms with van der Waals surface area (Å²) in [5, 5.41) is 2.23. The highest BCUT2D eigenvalue weighted by Crippen LogP contribution is 2.12. The van der Waals surface area contributed by atoms with Gasteiger partial charge in [-0.2, -0.15) is 0 Å². The molecule has 0 fully saturated rings. The van der Waals surface area contributed by atoms with E-state index in [1.165, 1.54) is 6.92 Å². The maximum absolute atomic E-state index is 13.5. The molecule has 0 radical (unpaired) electrons. The molecule has 0 heterocycles. The number of amides is 1. The minimum absolute atomic E-state index is 0.255. The third-order valence-electron chi connectivity index (χ3n) is 3.06. The zero-order chi connectivity index (χ0) is 16.7. The Morgan fingerprint density at radius 3 is 2.32 bits per heavy atom. The molecule has 1 amide bonds. The Hall–Kier alpha value is -1.98. The van der Waals surface area contributed by atoms with E-state index < -0.39 is 35.1 Å². The lowest BCUT2D eigenvalue weighted by Gasteiger charge is -2.14. The molecular weight excluding hydrogens is 292 g/mol. The highest BCUT2D eigenvalue weighted by molar-refractivity contribution is 5.97. The highest BCUT2D eigenvalue weighted by Gasteiger charge is 2.22. The Labute approximate surface area is 128 Å². The summed E-state index contributed by atoms with van der Waals surface area (Å²) in [7, 11) is 0. The van der Waals surface area contributed by atoms with Crippen molar-refractivity contribution in [2.75, 3.05) is 6.61 Å². The molecule has 1 aromatic carbocycles. The molecule has 0 bridgehead atoms. The number of halogens is 2. The molecule has 0 aliphatic rings. The van der Waals surface area contributed by atoms with Gasteiger partial charge in [-0.05, 0) is 37.8 Å². The average Bonchev–Trinajstić information content (AvgIpc) is 2.42. The van der Waals surface area contributed by atoms with Crippen LogP contribution in [0.4, 0.5) is 8.78 Å². The van der Waals surface area contributed by atoms with Crippen LogP contribution in [0.25, 0.3) is 0 Å². The van der Waals surface area contributed by atoms with E-state index in [1.54, 1.807) is 0 Å². The number of hydrogen-bond donors (Lipinski definition) is 1. The van der Waals surface area contributed by atoms with Crippen molar-refractivity contribution in [1.29, 1.82) is 0 Å². The molecule has 1 aromatic rings. The standard InChI is InChI=1S/C16H21F2NO3/c1-10(2)6-5-9-22-16(21)11(3)19-15(20)14-12(17)7-4-8-13(14)18/h4,7-8,10-11H,5-6,9H2,1-3H3,(H,19,20). The van der Waals surface area contributed by atoms with Crippen molar-refractivity contribution in [3.8, 4) is 0 Å². The molecule has 1 N–H and O–H groups in total. The number of carbonyl (C=O) groups excluding carboxylic acids is 2. The van der Waals surface area contributed by atoms with E-state index in [4.69, 9.17) is 4.74 Å². The number of esters is 1. The molecule has 6 heteroatoms. The van der Waals surface area contributed by atoms with Crippen LogP contribution in [0.5, 0.6) is 0 Å². The van der Waals surface area contributed by atoms with Crippen LogP contribution in [0.15, 0.2) is 18.2 Å². The first-order valence-corrected chi connectivity index (χ1v) is 7.24. The van der Waals surface area contributed by atoms with Gasteiger partial charge < -0.3 is 10.1 Å². The molecule has 1 atom stereocenters. The fraction of sp³-hybridized carbons (Fsp3) is 0.500. The number of carbonyl (C=O) groups is 2. The zero-order valence-corrected chi connectivity index (χ0v) is 13.0. The summed E-state index contributed by atoms with van der Waals surface area (Å²) >= 11 is 0. The predicted molar refractivity (Wildman–Crippen MR) is 78.3 cm³/mol. The first-order valence-electron chi connectivity index (χ1n) is 7.24. The summed E-state index contributed by atoms with van der Waals surface area (Å²) < 4.78 is 31.9. The van der Waals surface area contributed by atoms with E-state index in [9.17, 15) is 18.4 Å². The van der Waals surface area contributed by atoms with Gasteiger partial charge in [0.15, 0.2) is 0 Å². The van der Waals surface area contributed by atoms with Crippen molar-refractivity contribution in [3.63, 3.8) is 0 Å². The number of ether oxygens (including phenoxy) is 1. The fourth-order valence-corrected chi connectivity index (χ4v) is 1.83.